The van der Waals surface area contributed by atoms with Gasteiger partial charge in [0.1, 0.15) is 0 Å². The highest BCUT2D eigenvalue weighted by Crippen LogP contribution is 2.25. The zero-order valence-corrected chi connectivity index (χ0v) is 8.99. The van der Waals surface area contributed by atoms with Crippen molar-refractivity contribution in [3.05, 3.63) is 53.8 Å². The molecular weight excluding hydrogens is 226 g/mol. The largest absolute Gasteiger partial charge is 0.452 e. The van der Waals surface area contributed by atoms with Crippen LogP contribution in [0.4, 0.5) is 8.78 Å². The van der Waals surface area contributed by atoms with Gasteiger partial charge in [-0.1, -0.05) is 12.1 Å². The number of halogens is 2. The summed E-state index contributed by atoms with van der Waals surface area (Å²) in [6.07, 6.45) is 3.33. The summed E-state index contributed by atoms with van der Waals surface area (Å²) in [6, 6.07) is 5.59. The number of benzene rings is 1. The maximum absolute atomic E-state index is 13.6. The van der Waals surface area contributed by atoms with Gasteiger partial charge in [-0.15, -0.1) is 0 Å². The molecule has 1 aliphatic carbocycles. The predicted octanol–water partition coefficient (Wildman–Crippen LogP) is 2.18. The maximum Gasteiger partial charge on any atom is 0.165 e. The monoisotopic (exact) mass is 238 g/mol. The van der Waals surface area contributed by atoms with Crippen LogP contribution in [0.25, 0.3) is 0 Å². The summed E-state index contributed by atoms with van der Waals surface area (Å²) in [4.78, 5) is 0. The van der Waals surface area contributed by atoms with E-state index in [9.17, 15) is 8.78 Å². The normalized spacial score (nSPS) is 19.6. The molecule has 5 heteroatoms. The summed E-state index contributed by atoms with van der Waals surface area (Å²) in [5.41, 5.74) is 2.44. The molecule has 0 bridgehead atoms. The van der Waals surface area contributed by atoms with Crippen molar-refractivity contribution >= 4 is 0 Å². The quantitative estimate of drug-likeness (QED) is 0.626. The molecule has 0 saturated carbocycles. The van der Waals surface area contributed by atoms with Crippen molar-refractivity contribution in [1.82, 2.24) is 5.43 Å². The first-order chi connectivity index (χ1) is 8.20. The topological polar surface area (TPSA) is 47.3 Å². The Labute approximate surface area is 97.5 Å². The third-order valence-corrected chi connectivity index (χ3v) is 2.41. The molecule has 1 aromatic carbocycles. The molecule has 1 aromatic rings. The second-order valence-electron chi connectivity index (χ2n) is 3.62. The smallest absolute Gasteiger partial charge is 0.165 e. The number of hydrogen-bond acceptors (Lipinski definition) is 3. The van der Waals surface area contributed by atoms with Gasteiger partial charge < -0.3 is 4.74 Å². The molecule has 0 spiro atoms. The summed E-state index contributed by atoms with van der Waals surface area (Å²) < 4.78 is 32.0. The molecule has 1 unspecified atom stereocenters. The first-order valence-corrected chi connectivity index (χ1v) is 5.17. The Bertz CT molecular complexity index is 471. The molecule has 1 atom stereocenters. The second-order valence-corrected chi connectivity index (χ2v) is 3.62. The number of rotatable bonds is 3. The zero-order valence-electron chi connectivity index (χ0n) is 8.99. The second kappa shape index (κ2) is 5.07. The van der Waals surface area contributed by atoms with Crippen LogP contribution in [0.2, 0.25) is 0 Å². The molecule has 0 heterocycles. The highest BCUT2D eigenvalue weighted by molar-refractivity contribution is 5.33. The van der Waals surface area contributed by atoms with Crippen LogP contribution >= 0.6 is 0 Å². The molecule has 0 saturated heterocycles. The van der Waals surface area contributed by atoms with Crippen molar-refractivity contribution in [2.75, 3.05) is 0 Å². The van der Waals surface area contributed by atoms with Gasteiger partial charge in [0.05, 0.1) is 0 Å². The van der Waals surface area contributed by atoms with Crippen LogP contribution in [0.3, 0.4) is 0 Å². The fourth-order valence-electron chi connectivity index (χ4n) is 1.51. The number of ether oxygens (including phenoxy) is 1. The lowest BCUT2D eigenvalue weighted by Gasteiger charge is -2.17. The molecule has 0 aliphatic heterocycles. The molecule has 3 nitrogen and oxygen atoms in total. The van der Waals surface area contributed by atoms with Crippen molar-refractivity contribution in [3.8, 4) is 5.75 Å². The highest BCUT2D eigenvalue weighted by Gasteiger charge is 2.17. The fourth-order valence-corrected chi connectivity index (χ4v) is 1.51. The SMILES string of the molecule is NNC1C=C(F)C(Oc2ccccc2F)=CC1. The van der Waals surface area contributed by atoms with Crippen molar-refractivity contribution in [1.29, 1.82) is 0 Å². The van der Waals surface area contributed by atoms with E-state index in [2.05, 4.69) is 5.43 Å². The van der Waals surface area contributed by atoms with E-state index in [-0.39, 0.29) is 17.6 Å². The Morgan fingerprint density at radius 3 is 2.71 bits per heavy atom. The van der Waals surface area contributed by atoms with Gasteiger partial charge >= 0.3 is 0 Å². The van der Waals surface area contributed by atoms with E-state index in [1.165, 1.54) is 30.4 Å². The molecular formula is C12H12F2N2O. The molecule has 2 rings (SSSR count). The van der Waals surface area contributed by atoms with Crippen LogP contribution in [0.5, 0.6) is 5.75 Å². The molecule has 3 N–H and O–H groups in total. The Kier molecular flexibility index (Phi) is 3.51. The predicted molar refractivity (Wildman–Crippen MR) is 60.0 cm³/mol. The highest BCUT2D eigenvalue weighted by atomic mass is 19.1. The summed E-state index contributed by atoms with van der Waals surface area (Å²) in [7, 11) is 0. The summed E-state index contributed by atoms with van der Waals surface area (Å²) >= 11 is 0. The van der Waals surface area contributed by atoms with E-state index < -0.39 is 11.6 Å². The number of nitrogens with two attached hydrogens (primary N) is 1. The van der Waals surface area contributed by atoms with Gasteiger partial charge in [0.25, 0.3) is 0 Å². The van der Waals surface area contributed by atoms with E-state index in [0.717, 1.165) is 0 Å². The maximum atomic E-state index is 13.6. The third-order valence-electron chi connectivity index (χ3n) is 2.41. The average molecular weight is 238 g/mol. The molecule has 0 aromatic heterocycles. The summed E-state index contributed by atoms with van der Waals surface area (Å²) in [5.74, 6) is 4.13. The third kappa shape index (κ3) is 2.69. The van der Waals surface area contributed by atoms with Crippen molar-refractivity contribution < 1.29 is 13.5 Å². The van der Waals surface area contributed by atoms with Gasteiger partial charge in [0, 0.05) is 6.04 Å². The molecule has 17 heavy (non-hydrogen) atoms. The van der Waals surface area contributed by atoms with Gasteiger partial charge in [0.2, 0.25) is 0 Å². The number of nitrogens with one attached hydrogen (secondary N) is 1. The molecule has 1 aliphatic rings. The van der Waals surface area contributed by atoms with Gasteiger partial charge in [-0.3, -0.25) is 11.3 Å². The van der Waals surface area contributed by atoms with Crippen LogP contribution in [-0.2, 0) is 0 Å². The standard InChI is InChI=1S/C12H12F2N2O/c13-9-3-1-2-4-11(9)17-12-6-5-8(16-15)7-10(12)14/h1-4,6-8,16H,5,15H2. The van der Waals surface area contributed by atoms with E-state index in [1.807, 2.05) is 0 Å². The van der Waals surface area contributed by atoms with Crippen LogP contribution in [0.1, 0.15) is 6.42 Å². The molecule has 90 valence electrons. The zero-order chi connectivity index (χ0) is 12.3. The van der Waals surface area contributed by atoms with Crippen LogP contribution in [-0.4, -0.2) is 6.04 Å². The van der Waals surface area contributed by atoms with Crippen molar-refractivity contribution in [2.45, 2.75) is 12.5 Å². The summed E-state index contributed by atoms with van der Waals surface area (Å²) in [5, 5.41) is 0. The number of hydrazine groups is 1. The first-order valence-electron chi connectivity index (χ1n) is 5.17. The minimum Gasteiger partial charge on any atom is -0.452 e. The lowest BCUT2D eigenvalue weighted by atomic mass is 10.1. The minimum atomic E-state index is -0.553. The number of para-hydroxylation sites is 1. The van der Waals surface area contributed by atoms with Gasteiger partial charge in [-0.25, -0.2) is 8.78 Å². The van der Waals surface area contributed by atoms with Crippen LogP contribution in [0.15, 0.2) is 48.0 Å². The fraction of sp³-hybridized carbons (Fsp3) is 0.167. The Morgan fingerprint density at radius 1 is 1.29 bits per heavy atom. The minimum absolute atomic E-state index is 0.00135. The lowest BCUT2D eigenvalue weighted by Crippen LogP contribution is -2.34. The van der Waals surface area contributed by atoms with E-state index >= 15 is 0 Å². The van der Waals surface area contributed by atoms with E-state index in [4.69, 9.17) is 10.6 Å². The Morgan fingerprint density at radius 2 is 2.06 bits per heavy atom. The number of hydrogen-bond donors (Lipinski definition) is 2. The average Bonchev–Trinajstić information content (AvgIpc) is 2.34. The first kappa shape index (κ1) is 11.8. The summed E-state index contributed by atoms with van der Waals surface area (Å²) in [6.45, 7) is 0. The van der Waals surface area contributed by atoms with Crippen molar-refractivity contribution in [2.24, 2.45) is 5.84 Å². The van der Waals surface area contributed by atoms with Gasteiger partial charge in [0.15, 0.2) is 23.2 Å². The van der Waals surface area contributed by atoms with E-state index in [0.29, 0.717) is 6.42 Å². The van der Waals surface area contributed by atoms with Crippen LogP contribution in [0, 0.1) is 5.82 Å². The Balaban J connectivity index is 2.14. The van der Waals surface area contributed by atoms with Gasteiger partial charge in [-0.05, 0) is 30.7 Å². The van der Waals surface area contributed by atoms with Gasteiger partial charge in [-0.2, -0.15) is 0 Å². The molecule has 0 fully saturated rings. The van der Waals surface area contributed by atoms with Crippen molar-refractivity contribution in [3.63, 3.8) is 0 Å². The molecule has 0 amide bonds. The number of allylic oxidation sites excluding steroid dienone is 1. The van der Waals surface area contributed by atoms with Crippen LogP contribution < -0.4 is 16.0 Å². The van der Waals surface area contributed by atoms with E-state index in [1.54, 1.807) is 6.07 Å². The molecule has 0 radical (unpaired) electrons. The Hall–Kier alpha value is -1.72. The lowest BCUT2D eigenvalue weighted by molar-refractivity contribution is 0.369.